The molecule has 1 aromatic carbocycles. The van der Waals surface area contributed by atoms with Gasteiger partial charge in [-0.05, 0) is 18.5 Å². The third kappa shape index (κ3) is 9.65. The molecule has 8 N–H and O–H groups in total. The van der Waals surface area contributed by atoms with Crippen molar-refractivity contribution in [2.24, 2.45) is 21.3 Å². The summed E-state index contributed by atoms with van der Waals surface area (Å²) in [4.78, 5) is 36.9. The summed E-state index contributed by atoms with van der Waals surface area (Å²) in [5.74, 6) is -4.48. The van der Waals surface area contributed by atoms with Crippen molar-refractivity contribution in [3.63, 3.8) is 0 Å². The monoisotopic (exact) mass is 553 g/mol. The number of amidine groups is 1. The minimum atomic E-state index is -2.80. The average Bonchev–Trinajstić information content (AvgIpc) is 2.86. The molecular weight excluding hydrogens is 527 g/mol. The van der Waals surface area contributed by atoms with Crippen LogP contribution in [-0.2, 0) is 20.8 Å². The molecule has 0 fully saturated rings. The van der Waals surface area contributed by atoms with E-state index >= 15 is 0 Å². The minimum absolute atomic E-state index is 0. The molecule has 2 atom stereocenters. The first kappa shape index (κ1) is 33.8. The van der Waals surface area contributed by atoms with Gasteiger partial charge in [0.05, 0.1) is 6.04 Å². The van der Waals surface area contributed by atoms with E-state index in [1.54, 1.807) is 18.2 Å². The largest absolute Gasteiger partial charge is 1.00 e. The van der Waals surface area contributed by atoms with Gasteiger partial charge < -0.3 is 47.4 Å². The smallest absolute Gasteiger partial charge is 0.592 e. The molecule has 0 aliphatic rings. The van der Waals surface area contributed by atoms with E-state index in [1.807, 2.05) is 0 Å². The summed E-state index contributed by atoms with van der Waals surface area (Å²) in [6.45, 7) is -0.793. The maximum atomic E-state index is 12.4. The van der Waals surface area contributed by atoms with Crippen LogP contribution >= 0.6 is 12.6 Å². The van der Waals surface area contributed by atoms with Gasteiger partial charge in [0.15, 0.2) is 6.04 Å². The van der Waals surface area contributed by atoms with Crippen LogP contribution in [-0.4, -0.2) is 90.6 Å². The summed E-state index contributed by atoms with van der Waals surface area (Å²) in [5.41, 5.74) is 3.37. The summed E-state index contributed by atoms with van der Waals surface area (Å²) in [6.07, 6.45) is -0.946. The van der Waals surface area contributed by atoms with Gasteiger partial charge in [-0.25, -0.2) is 9.79 Å². The Kier molecular flexibility index (Phi) is 15.1. The third-order valence-electron chi connectivity index (χ3n) is 4.80. The third-order valence-corrected chi connectivity index (χ3v) is 5.17. The van der Waals surface area contributed by atoms with Gasteiger partial charge in [-0.1, -0.05) is 30.3 Å². The van der Waals surface area contributed by atoms with Crippen LogP contribution in [0.15, 0.2) is 45.9 Å². The van der Waals surface area contributed by atoms with E-state index in [0.717, 1.165) is 0 Å². The molecule has 0 saturated heterocycles. The van der Waals surface area contributed by atoms with Gasteiger partial charge in [0, 0.05) is 15.5 Å². The molecule has 1 unspecified atom stereocenters. The van der Waals surface area contributed by atoms with Crippen LogP contribution in [0.5, 0.6) is 0 Å². The van der Waals surface area contributed by atoms with Crippen LogP contribution in [0.3, 0.4) is 0 Å². The van der Waals surface area contributed by atoms with Crippen molar-refractivity contribution in [3.8, 4) is 0 Å². The second kappa shape index (κ2) is 16.5. The number of hydroxylamine groups is 2. The fourth-order valence-electron chi connectivity index (χ4n) is 2.96. The molecule has 0 aliphatic heterocycles. The van der Waals surface area contributed by atoms with Crippen molar-refractivity contribution in [1.82, 2.24) is 10.6 Å². The number of carboxylic acids is 2. The zero-order chi connectivity index (χ0) is 27.3. The topological polar surface area (TPSA) is 271 Å². The zero-order valence-electron chi connectivity index (χ0n) is 19.7. The first-order valence-corrected chi connectivity index (χ1v) is 10.8. The number of aliphatic carboxylic acids is 2. The van der Waals surface area contributed by atoms with Gasteiger partial charge in [-0.15, -0.1) is 0 Å². The van der Waals surface area contributed by atoms with Gasteiger partial charge >= 0.3 is 47.2 Å². The van der Waals surface area contributed by atoms with Gasteiger partial charge in [-0.3, -0.25) is 9.59 Å². The van der Waals surface area contributed by atoms with Crippen LogP contribution in [0.4, 0.5) is 0 Å². The van der Waals surface area contributed by atoms with Crippen LogP contribution in [0.25, 0.3) is 0 Å². The quantitative estimate of drug-likeness (QED) is 0.0151. The van der Waals surface area contributed by atoms with E-state index in [2.05, 4.69) is 38.8 Å². The van der Waals surface area contributed by atoms with E-state index in [9.17, 15) is 29.9 Å². The summed E-state index contributed by atoms with van der Waals surface area (Å²) >= 11 is 3.99. The Bertz CT molecular complexity index is 994. The number of hydrogen-bond acceptors (Lipinski definition) is 10. The Morgan fingerprint density at radius 2 is 1.68 bits per heavy atom. The number of hydrogen-bond donors (Lipinski definition) is 8. The summed E-state index contributed by atoms with van der Waals surface area (Å²) in [5, 5.41) is 70.8. The van der Waals surface area contributed by atoms with Crippen LogP contribution in [0, 0.1) is 10.4 Å². The second-order valence-corrected chi connectivity index (χ2v) is 7.53. The van der Waals surface area contributed by atoms with Crippen molar-refractivity contribution in [1.29, 1.82) is 0 Å². The molecule has 0 spiro atoms. The molecule has 17 nitrogen and oxygen atoms in total. The van der Waals surface area contributed by atoms with Gasteiger partial charge in [0.25, 0.3) is 5.84 Å². The van der Waals surface area contributed by atoms with Crippen LogP contribution in [0.2, 0.25) is 0 Å². The number of nitrogens with two attached hydrogens (primary N) is 1. The summed E-state index contributed by atoms with van der Waals surface area (Å²) in [6, 6.07) is 5.05. The van der Waals surface area contributed by atoms with E-state index < -0.39 is 64.1 Å². The number of carbonyl (C=O) groups excluding carboxylic acids is 1. The number of nitrogens with one attached hydrogen (secondary N) is 2. The molecule has 0 aromatic heterocycles. The molecule has 198 valence electrons. The predicted molar refractivity (Wildman–Crippen MR) is 123 cm³/mol. The molecule has 19 heteroatoms. The van der Waals surface area contributed by atoms with Crippen molar-refractivity contribution in [2.45, 2.75) is 30.6 Å². The molecule has 0 bridgehead atoms. The summed E-state index contributed by atoms with van der Waals surface area (Å²) < 4.78 is 0. The standard InChI is InChI=1S/C18H26N8O9S.Na/c19-17(18(25(34)23-32,26(35)24-33)8-11-4-2-1-3-5-11)22-12(16(30)31)6-7-20-13(10-36)15(29)21-9-14(27)28;/h1-5,12-13,20,32-33,36H,6-10H2,(H2,19,22)(H,21,29)(H,27,28)(H,30,31);/q;+1/b25-23-,26-24-;/t12?,13-;/m0./s1. The first-order chi connectivity index (χ1) is 17.0. The second-order valence-electron chi connectivity index (χ2n) is 7.16. The van der Waals surface area contributed by atoms with E-state index in [-0.39, 0.29) is 48.3 Å². The summed E-state index contributed by atoms with van der Waals surface area (Å²) in [7, 11) is 0. The van der Waals surface area contributed by atoms with Crippen LogP contribution in [0.1, 0.15) is 12.0 Å². The first-order valence-electron chi connectivity index (χ1n) is 10.1. The Morgan fingerprint density at radius 3 is 2.14 bits per heavy atom. The molecule has 1 amide bonds. The van der Waals surface area contributed by atoms with Crippen molar-refractivity contribution in [3.05, 3.63) is 46.3 Å². The number of rotatable bonds is 15. The molecule has 0 aliphatic carbocycles. The molecule has 0 radical (unpaired) electrons. The minimum Gasteiger partial charge on any atom is -0.592 e. The number of thiol groups is 1. The van der Waals surface area contributed by atoms with E-state index in [0.29, 0.717) is 5.56 Å². The number of aliphatic imine (C=N–C) groups is 1. The maximum Gasteiger partial charge on any atom is 1.00 e. The van der Waals surface area contributed by atoms with E-state index in [4.69, 9.17) is 21.3 Å². The number of carbonyl (C=O) groups is 3. The average molecular weight is 554 g/mol. The maximum absolute atomic E-state index is 12.4. The molecule has 1 aromatic rings. The van der Waals surface area contributed by atoms with Crippen LogP contribution < -0.4 is 45.9 Å². The molecule has 0 heterocycles. The Balaban J connectivity index is 0.0000130. The molecular formula is C18H26N8NaO9S+. The Hall–Kier alpha value is -3.19. The zero-order valence-corrected chi connectivity index (χ0v) is 22.6. The van der Waals surface area contributed by atoms with Crippen molar-refractivity contribution >= 4 is 36.3 Å². The molecule has 37 heavy (non-hydrogen) atoms. The number of amides is 1. The number of benzene rings is 1. The Morgan fingerprint density at radius 1 is 1.11 bits per heavy atom. The van der Waals surface area contributed by atoms with Crippen molar-refractivity contribution in [2.75, 3.05) is 18.8 Å². The molecule has 1 rings (SSSR count). The fraction of sp³-hybridized carbons (Fsp3) is 0.444. The molecule has 0 saturated carbocycles. The van der Waals surface area contributed by atoms with Gasteiger partial charge in [0.1, 0.15) is 13.0 Å². The van der Waals surface area contributed by atoms with E-state index in [1.165, 1.54) is 12.1 Å². The number of nitrogens with zero attached hydrogens (tertiary/aromatic N) is 5. The van der Waals surface area contributed by atoms with Crippen molar-refractivity contribution < 1.29 is 74.3 Å². The SMILES string of the molecule is NC(=NC(CCN[C@@H](CS)C(=O)NCC(=O)O)C(=O)O)C(Cc1ccccc1)(/[N+]([O-])=N/O)/[N+]([O-])=N/O.[Na+]. The van der Waals surface area contributed by atoms with Gasteiger partial charge in [-0.2, -0.15) is 12.6 Å². The number of carboxylic acid groups (broad SMARTS) is 2. The predicted octanol–water partition coefficient (Wildman–Crippen LogP) is -4.08. The normalized spacial score (nSPS) is 14.2. The fourth-order valence-corrected chi connectivity index (χ4v) is 3.25. The Labute approximate surface area is 237 Å². The van der Waals surface area contributed by atoms with Gasteiger partial charge in [0.2, 0.25) is 16.5 Å².